The molecule has 2 rings (SSSR count). The van der Waals surface area contributed by atoms with Gasteiger partial charge in [-0.1, -0.05) is 12.1 Å². The molecule has 1 aliphatic rings. The maximum Gasteiger partial charge on any atom is 0.238 e. The van der Waals surface area contributed by atoms with Crippen molar-refractivity contribution in [2.45, 2.75) is 17.9 Å². The number of sulfone groups is 1. The molecule has 1 heterocycles. The second kappa shape index (κ2) is 5.07. The Morgan fingerprint density at radius 1 is 1.33 bits per heavy atom. The molecule has 0 unspecified atom stereocenters. The lowest BCUT2D eigenvalue weighted by atomic mass is 10.2. The van der Waals surface area contributed by atoms with Crippen LogP contribution in [0.1, 0.15) is 12.0 Å². The standard InChI is InChI=1S/C12H15NO4S/c14-8-10-3-1-4-11(7-10)18(16,17)9-12(15)13-5-2-6-13/h1,3-4,7,14H,2,5-6,8-9H2. The van der Waals surface area contributed by atoms with E-state index in [-0.39, 0.29) is 17.4 Å². The third-order valence-corrected chi connectivity index (χ3v) is 4.56. The van der Waals surface area contributed by atoms with Crippen LogP contribution in [0.3, 0.4) is 0 Å². The second-order valence-corrected chi connectivity index (χ2v) is 6.29. The lowest BCUT2D eigenvalue weighted by Crippen LogP contribution is -2.44. The summed E-state index contributed by atoms with van der Waals surface area (Å²) in [6.07, 6.45) is 0.936. The Balaban J connectivity index is 2.16. The molecule has 0 saturated carbocycles. The first kappa shape index (κ1) is 13.0. The van der Waals surface area contributed by atoms with Crippen LogP contribution in [-0.4, -0.2) is 43.2 Å². The number of benzene rings is 1. The predicted molar refractivity (Wildman–Crippen MR) is 65.6 cm³/mol. The van der Waals surface area contributed by atoms with Crippen molar-refractivity contribution in [2.24, 2.45) is 0 Å². The van der Waals surface area contributed by atoms with E-state index in [0.29, 0.717) is 18.7 Å². The van der Waals surface area contributed by atoms with Crippen molar-refractivity contribution in [2.75, 3.05) is 18.8 Å². The Bertz CT molecular complexity index is 549. The summed E-state index contributed by atoms with van der Waals surface area (Å²) in [5.41, 5.74) is 0.521. The van der Waals surface area contributed by atoms with Gasteiger partial charge in [0.1, 0.15) is 5.75 Å². The minimum absolute atomic E-state index is 0.0860. The van der Waals surface area contributed by atoms with Crippen molar-refractivity contribution in [3.8, 4) is 0 Å². The molecule has 18 heavy (non-hydrogen) atoms. The highest BCUT2D eigenvalue weighted by atomic mass is 32.2. The van der Waals surface area contributed by atoms with Gasteiger partial charge in [-0.25, -0.2) is 8.42 Å². The third-order valence-electron chi connectivity index (χ3n) is 2.96. The summed E-state index contributed by atoms with van der Waals surface area (Å²) in [5, 5.41) is 8.98. The van der Waals surface area contributed by atoms with Crippen LogP contribution in [0.5, 0.6) is 0 Å². The van der Waals surface area contributed by atoms with E-state index in [0.717, 1.165) is 6.42 Å². The molecule has 0 radical (unpaired) electrons. The van der Waals surface area contributed by atoms with Gasteiger partial charge in [0.25, 0.3) is 0 Å². The summed E-state index contributed by atoms with van der Waals surface area (Å²) in [6.45, 7) is 1.07. The maximum atomic E-state index is 12.0. The van der Waals surface area contributed by atoms with Crippen LogP contribution in [0.15, 0.2) is 29.2 Å². The van der Waals surface area contributed by atoms with Crippen LogP contribution in [0.25, 0.3) is 0 Å². The molecular formula is C12H15NO4S. The van der Waals surface area contributed by atoms with Crippen molar-refractivity contribution in [1.29, 1.82) is 0 Å². The first-order chi connectivity index (χ1) is 8.53. The number of carbonyl (C=O) groups is 1. The Morgan fingerprint density at radius 2 is 2.06 bits per heavy atom. The van der Waals surface area contributed by atoms with Gasteiger partial charge in [-0.15, -0.1) is 0 Å². The van der Waals surface area contributed by atoms with Crippen LogP contribution in [0.4, 0.5) is 0 Å². The van der Waals surface area contributed by atoms with E-state index >= 15 is 0 Å². The van der Waals surface area contributed by atoms with E-state index in [4.69, 9.17) is 5.11 Å². The minimum atomic E-state index is -3.62. The normalized spacial score (nSPS) is 15.3. The SMILES string of the molecule is O=C(CS(=O)(=O)c1cccc(CO)c1)N1CCC1. The molecule has 1 aromatic rings. The van der Waals surface area contributed by atoms with Crippen molar-refractivity contribution in [3.05, 3.63) is 29.8 Å². The average Bonchev–Trinajstić information content (AvgIpc) is 2.26. The van der Waals surface area contributed by atoms with Crippen molar-refractivity contribution in [1.82, 2.24) is 4.90 Å². The second-order valence-electron chi connectivity index (χ2n) is 4.30. The lowest BCUT2D eigenvalue weighted by molar-refractivity contribution is -0.131. The molecule has 98 valence electrons. The van der Waals surface area contributed by atoms with E-state index < -0.39 is 15.6 Å². The Hall–Kier alpha value is -1.40. The zero-order valence-corrected chi connectivity index (χ0v) is 10.7. The summed E-state index contributed by atoms with van der Waals surface area (Å²) >= 11 is 0. The highest BCUT2D eigenvalue weighted by Gasteiger charge is 2.26. The molecule has 0 spiro atoms. The number of nitrogens with zero attached hydrogens (tertiary/aromatic N) is 1. The van der Waals surface area contributed by atoms with E-state index in [1.165, 1.54) is 17.0 Å². The third kappa shape index (κ3) is 2.70. The fourth-order valence-electron chi connectivity index (χ4n) is 1.74. The molecule has 0 atom stereocenters. The fraction of sp³-hybridized carbons (Fsp3) is 0.417. The predicted octanol–water partition coefficient (Wildman–Crippen LogP) is 0.185. The Labute approximate surface area is 106 Å². The number of hydrogen-bond donors (Lipinski definition) is 1. The van der Waals surface area contributed by atoms with Gasteiger partial charge in [0.2, 0.25) is 5.91 Å². The molecule has 1 aromatic carbocycles. The highest BCUT2D eigenvalue weighted by Crippen LogP contribution is 2.15. The zero-order chi connectivity index (χ0) is 13.2. The molecule has 1 aliphatic heterocycles. The highest BCUT2D eigenvalue weighted by molar-refractivity contribution is 7.92. The number of amides is 1. The van der Waals surface area contributed by atoms with Gasteiger partial charge in [0.05, 0.1) is 11.5 Å². The summed E-state index contributed by atoms with van der Waals surface area (Å²) in [7, 11) is -3.62. The topological polar surface area (TPSA) is 74.7 Å². The van der Waals surface area contributed by atoms with E-state index in [9.17, 15) is 13.2 Å². The van der Waals surface area contributed by atoms with Gasteiger partial charge in [0.15, 0.2) is 9.84 Å². The Morgan fingerprint density at radius 3 is 2.61 bits per heavy atom. The smallest absolute Gasteiger partial charge is 0.238 e. The van der Waals surface area contributed by atoms with Crippen LogP contribution >= 0.6 is 0 Å². The molecule has 5 nitrogen and oxygen atoms in total. The largest absolute Gasteiger partial charge is 0.392 e. The molecule has 1 N–H and O–H groups in total. The first-order valence-electron chi connectivity index (χ1n) is 5.73. The number of aliphatic hydroxyl groups is 1. The van der Waals surface area contributed by atoms with E-state index in [1.54, 1.807) is 12.1 Å². The Kier molecular flexibility index (Phi) is 3.68. The number of likely N-dealkylation sites (tertiary alicyclic amines) is 1. The maximum absolute atomic E-state index is 12.0. The number of rotatable bonds is 4. The van der Waals surface area contributed by atoms with Gasteiger partial charge in [0, 0.05) is 13.1 Å². The van der Waals surface area contributed by atoms with Gasteiger partial charge in [-0.2, -0.15) is 0 Å². The quantitative estimate of drug-likeness (QED) is 0.846. The van der Waals surface area contributed by atoms with Crippen molar-refractivity contribution in [3.63, 3.8) is 0 Å². The van der Waals surface area contributed by atoms with Crippen molar-refractivity contribution < 1.29 is 18.3 Å². The number of carbonyl (C=O) groups excluding carboxylic acids is 1. The first-order valence-corrected chi connectivity index (χ1v) is 7.38. The molecular weight excluding hydrogens is 254 g/mol. The van der Waals surface area contributed by atoms with E-state index in [2.05, 4.69) is 0 Å². The van der Waals surface area contributed by atoms with Crippen molar-refractivity contribution >= 4 is 15.7 Å². The number of aliphatic hydroxyl groups excluding tert-OH is 1. The average molecular weight is 269 g/mol. The molecule has 0 aliphatic carbocycles. The molecule has 1 amide bonds. The lowest BCUT2D eigenvalue weighted by Gasteiger charge is -2.30. The molecule has 6 heteroatoms. The summed E-state index contributed by atoms with van der Waals surface area (Å²) in [4.78, 5) is 13.3. The van der Waals surface area contributed by atoms with Crippen LogP contribution in [-0.2, 0) is 21.2 Å². The minimum Gasteiger partial charge on any atom is -0.392 e. The van der Waals surface area contributed by atoms with Crippen LogP contribution in [0.2, 0.25) is 0 Å². The van der Waals surface area contributed by atoms with Gasteiger partial charge < -0.3 is 10.0 Å². The summed E-state index contributed by atoms with van der Waals surface area (Å²) in [6, 6.07) is 6.04. The molecule has 1 fully saturated rings. The molecule has 0 bridgehead atoms. The zero-order valence-electron chi connectivity index (χ0n) is 9.87. The van der Waals surface area contributed by atoms with Gasteiger partial charge in [-0.3, -0.25) is 4.79 Å². The van der Waals surface area contributed by atoms with Gasteiger partial charge >= 0.3 is 0 Å². The molecule has 1 saturated heterocycles. The van der Waals surface area contributed by atoms with Gasteiger partial charge in [-0.05, 0) is 24.1 Å². The molecule has 0 aromatic heterocycles. The summed E-state index contributed by atoms with van der Waals surface area (Å²) < 4.78 is 24.1. The van der Waals surface area contributed by atoms with Crippen LogP contribution < -0.4 is 0 Å². The monoisotopic (exact) mass is 269 g/mol. The number of hydrogen-bond acceptors (Lipinski definition) is 4. The van der Waals surface area contributed by atoms with E-state index in [1.807, 2.05) is 0 Å². The van der Waals surface area contributed by atoms with Crippen LogP contribution in [0, 0.1) is 0 Å². The fourth-order valence-corrected chi connectivity index (χ4v) is 3.03. The summed E-state index contributed by atoms with van der Waals surface area (Å²) in [5.74, 6) is -0.849.